The summed E-state index contributed by atoms with van der Waals surface area (Å²) in [7, 11) is 3.39. The van der Waals surface area contributed by atoms with E-state index in [4.69, 9.17) is 9.47 Å². The van der Waals surface area contributed by atoms with Crippen molar-refractivity contribution in [3.8, 4) is 11.5 Å². The van der Waals surface area contributed by atoms with Crippen molar-refractivity contribution in [1.29, 1.82) is 0 Å². The summed E-state index contributed by atoms with van der Waals surface area (Å²) in [4.78, 5) is 0. The summed E-state index contributed by atoms with van der Waals surface area (Å²) in [6, 6.07) is 6.06. The van der Waals surface area contributed by atoms with Gasteiger partial charge in [-0.15, -0.1) is 0 Å². The Hall–Kier alpha value is -1.22. The first-order chi connectivity index (χ1) is 9.05. The van der Waals surface area contributed by atoms with Crippen molar-refractivity contribution in [1.82, 2.24) is 5.32 Å². The van der Waals surface area contributed by atoms with E-state index in [1.165, 1.54) is 12.0 Å². The Labute approximate surface area is 117 Å². The van der Waals surface area contributed by atoms with Crippen LogP contribution in [0.1, 0.15) is 39.2 Å². The molecule has 0 saturated carbocycles. The van der Waals surface area contributed by atoms with Gasteiger partial charge in [-0.3, -0.25) is 0 Å². The summed E-state index contributed by atoms with van der Waals surface area (Å²) >= 11 is 0. The van der Waals surface area contributed by atoms with E-state index in [0.717, 1.165) is 31.0 Å². The molecule has 0 atom stereocenters. The highest BCUT2D eigenvalue weighted by Gasteiger charge is 2.24. The summed E-state index contributed by atoms with van der Waals surface area (Å²) in [6.07, 6.45) is 2.25. The Kier molecular flexibility index (Phi) is 6.16. The predicted molar refractivity (Wildman–Crippen MR) is 80.3 cm³/mol. The lowest BCUT2D eigenvalue weighted by Crippen LogP contribution is -2.26. The lowest BCUT2D eigenvalue weighted by atomic mass is 9.81. The Morgan fingerprint density at radius 3 is 2.42 bits per heavy atom. The Bertz CT molecular complexity index is 388. The van der Waals surface area contributed by atoms with E-state index in [-0.39, 0.29) is 5.41 Å². The van der Waals surface area contributed by atoms with Gasteiger partial charge in [0, 0.05) is 11.6 Å². The average Bonchev–Trinajstić information content (AvgIpc) is 2.42. The highest BCUT2D eigenvalue weighted by molar-refractivity contribution is 5.44. The third-order valence-corrected chi connectivity index (χ3v) is 3.49. The van der Waals surface area contributed by atoms with Crippen LogP contribution in [-0.2, 0) is 5.41 Å². The lowest BCUT2D eigenvalue weighted by Gasteiger charge is -2.27. The fourth-order valence-electron chi connectivity index (χ4n) is 2.19. The van der Waals surface area contributed by atoms with Crippen molar-refractivity contribution in [2.24, 2.45) is 0 Å². The molecule has 0 radical (unpaired) electrons. The fourth-order valence-corrected chi connectivity index (χ4v) is 2.19. The molecule has 19 heavy (non-hydrogen) atoms. The van der Waals surface area contributed by atoms with Crippen LogP contribution in [0.4, 0.5) is 0 Å². The van der Waals surface area contributed by atoms with Crippen LogP contribution in [0.15, 0.2) is 18.2 Å². The fraction of sp³-hybridized carbons (Fsp3) is 0.625. The maximum absolute atomic E-state index is 5.50. The van der Waals surface area contributed by atoms with Crippen molar-refractivity contribution in [3.05, 3.63) is 23.8 Å². The number of hydrogen-bond donors (Lipinski definition) is 1. The molecular formula is C16H27NO2. The smallest absolute Gasteiger partial charge is 0.126 e. The topological polar surface area (TPSA) is 30.5 Å². The molecular weight excluding hydrogens is 238 g/mol. The third kappa shape index (κ3) is 4.43. The maximum Gasteiger partial charge on any atom is 0.126 e. The molecule has 0 aliphatic carbocycles. The van der Waals surface area contributed by atoms with Crippen molar-refractivity contribution in [3.63, 3.8) is 0 Å². The molecule has 1 N–H and O–H groups in total. The minimum Gasteiger partial charge on any atom is -0.497 e. The molecule has 0 spiro atoms. The van der Waals surface area contributed by atoms with Gasteiger partial charge in [-0.1, -0.05) is 26.8 Å². The molecule has 0 fully saturated rings. The van der Waals surface area contributed by atoms with Gasteiger partial charge in [0.15, 0.2) is 0 Å². The average molecular weight is 265 g/mol. The zero-order valence-electron chi connectivity index (χ0n) is 12.9. The highest BCUT2D eigenvalue weighted by atomic mass is 16.5. The largest absolute Gasteiger partial charge is 0.497 e. The summed E-state index contributed by atoms with van der Waals surface area (Å²) < 4.78 is 10.7. The number of rotatable bonds is 8. The van der Waals surface area contributed by atoms with Gasteiger partial charge in [-0.05, 0) is 37.4 Å². The number of methoxy groups -OCH3 is 2. The number of hydrogen-bond acceptors (Lipinski definition) is 3. The Balaban J connectivity index is 2.81. The molecule has 3 nitrogen and oxygen atoms in total. The van der Waals surface area contributed by atoms with Gasteiger partial charge >= 0.3 is 0 Å². The van der Waals surface area contributed by atoms with Gasteiger partial charge in [-0.2, -0.15) is 0 Å². The van der Waals surface area contributed by atoms with Crippen molar-refractivity contribution in [2.45, 2.75) is 39.0 Å². The van der Waals surface area contributed by atoms with Gasteiger partial charge in [0.1, 0.15) is 11.5 Å². The molecule has 0 unspecified atom stereocenters. The second-order valence-corrected chi connectivity index (χ2v) is 5.45. The third-order valence-electron chi connectivity index (χ3n) is 3.49. The number of ether oxygens (including phenoxy) is 2. The molecule has 0 aliphatic rings. The molecule has 0 amide bonds. The lowest BCUT2D eigenvalue weighted by molar-refractivity contribution is 0.372. The normalized spacial score (nSPS) is 11.4. The van der Waals surface area contributed by atoms with Crippen molar-refractivity contribution in [2.75, 3.05) is 27.3 Å². The molecule has 0 bridgehead atoms. The van der Waals surface area contributed by atoms with Crippen LogP contribution in [0.25, 0.3) is 0 Å². The molecule has 0 heterocycles. The second kappa shape index (κ2) is 7.39. The van der Waals surface area contributed by atoms with Gasteiger partial charge in [0.2, 0.25) is 0 Å². The quantitative estimate of drug-likeness (QED) is 0.731. The van der Waals surface area contributed by atoms with E-state index in [2.05, 4.69) is 32.2 Å². The van der Waals surface area contributed by atoms with Crippen molar-refractivity contribution >= 4 is 0 Å². The molecule has 108 valence electrons. The Morgan fingerprint density at radius 1 is 1.11 bits per heavy atom. The molecule has 0 aromatic heterocycles. The summed E-state index contributed by atoms with van der Waals surface area (Å²) in [5.41, 5.74) is 1.31. The van der Waals surface area contributed by atoms with E-state index in [9.17, 15) is 0 Å². The number of benzene rings is 1. The molecule has 1 rings (SSSR count). The summed E-state index contributed by atoms with van der Waals surface area (Å²) in [5, 5.41) is 3.46. The van der Waals surface area contributed by atoms with Gasteiger partial charge in [0.25, 0.3) is 0 Å². The van der Waals surface area contributed by atoms with Gasteiger partial charge < -0.3 is 14.8 Å². The summed E-state index contributed by atoms with van der Waals surface area (Å²) in [5.74, 6) is 1.74. The highest BCUT2D eigenvalue weighted by Crippen LogP contribution is 2.36. The summed E-state index contributed by atoms with van der Waals surface area (Å²) in [6.45, 7) is 8.80. The van der Waals surface area contributed by atoms with Crippen LogP contribution in [-0.4, -0.2) is 27.3 Å². The van der Waals surface area contributed by atoms with Crippen LogP contribution >= 0.6 is 0 Å². The first-order valence-electron chi connectivity index (χ1n) is 6.98. The zero-order valence-corrected chi connectivity index (χ0v) is 12.9. The zero-order chi connectivity index (χ0) is 14.3. The van der Waals surface area contributed by atoms with Gasteiger partial charge in [0.05, 0.1) is 14.2 Å². The van der Waals surface area contributed by atoms with Crippen molar-refractivity contribution < 1.29 is 9.47 Å². The van der Waals surface area contributed by atoms with Crippen LogP contribution < -0.4 is 14.8 Å². The first-order valence-corrected chi connectivity index (χ1v) is 6.98. The minimum absolute atomic E-state index is 0.0817. The SMILES string of the molecule is CCCNCCC(C)(C)c1ccc(OC)cc1OC. The van der Waals surface area contributed by atoms with Crippen LogP contribution in [0.3, 0.4) is 0 Å². The van der Waals surface area contributed by atoms with E-state index in [0.29, 0.717) is 0 Å². The molecule has 1 aromatic carbocycles. The minimum atomic E-state index is 0.0817. The monoisotopic (exact) mass is 265 g/mol. The molecule has 0 saturated heterocycles. The van der Waals surface area contributed by atoms with Crippen LogP contribution in [0.5, 0.6) is 11.5 Å². The van der Waals surface area contributed by atoms with E-state index >= 15 is 0 Å². The predicted octanol–water partition coefficient (Wildman–Crippen LogP) is 3.37. The Morgan fingerprint density at radius 2 is 1.84 bits per heavy atom. The maximum atomic E-state index is 5.50. The van der Waals surface area contributed by atoms with Crippen LogP contribution in [0.2, 0.25) is 0 Å². The van der Waals surface area contributed by atoms with E-state index < -0.39 is 0 Å². The first kappa shape index (κ1) is 15.8. The standard InChI is InChI=1S/C16H27NO2/c1-6-10-17-11-9-16(2,3)14-8-7-13(18-4)12-15(14)19-5/h7-8,12,17H,6,9-11H2,1-5H3. The van der Waals surface area contributed by atoms with Gasteiger partial charge in [-0.25, -0.2) is 0 Å². The second-order valence-electron chi connectivity index (χ2n) is 5.45. The molecule has 3 heteroatoms. The molecule has 0 aliphatic heterocycles. The van der Waals surface area contributed by atoms with E-state index in [1.807, 2.05) is 12.1 Å². The van der Waals surface area contributed by atoms with E-state index in [1.54, 1.807) is 14.2 Å². The molecule has 1 aromatic rings. The number of nitrogens with one attached hydrogen (secondary N) is 1. The van der Waals surface area contributed by atoms with Crippen LogP contribution in [0, 0.1) is 0 Å².